The van der Waals surface area contributed by atoms with Gasteiger partial charge in [-0.2, -0.15) is 0 Å². The topological polar surface area (TPSA) is 185 Å². The summed E-state index contributed by atoms with van der Waals surface area (Å²) in [7, 11) is 0. The fourth-order valence-corrected chi connectivity index (χ4v) is 3.92. The summed E-state index contributed by atoms with van der Waals surface area (Å²) in [6, 6.07) is 3.76. The number of pyridine rings is 1. The molecule has 1 aliphatic rings. The molecule has 1 aromatic carbocycles. The molecule has 0 saturated heterocycles. The minimum absolute atomic E-state index is 0.173. The first kappa shape index (κ1) is 25.9. The van der Waals surface area contributed by atoms with Gasteiger partial charge in [0, 0.05) is 18.3 Å². The Bertz CT molecular complexity index is 1160. The number of aromatic hydroxyl groups is 1. The maximum absolute atomic E-state index is 12.5. The summed E-state index contributed by atoms with van der Waals surface area (Å²) >= 11 is 3.21. The molecule has 35 heavy (non-hydrogen) atoms. The number of amides is 2. The van der Waals surface area contributed by atoms with E-state index in [-0.39, 0.29) is 23.4 Å². The number of carboxylic acids is 1. The Balaban J connectivity index is 1.62. The number of anilines is 1. The van der Waals surface area contributed by atoms with E-state index in [0.29, 0.717) is 22.7 Å². The summed E-state index contributed by atoms with van der Waals surface area (Å²) in [5.41, 5.74) is 1.66. The molecule has 186 valence electrons. The van der Waals surface area contributed by atoms with Crippen LogP contribution in [0.15, 0.2) is 40.1 Å². The number of hydrogen-bond donors (Lipinski definition) is 7. The number of hydrogen-bond acceptors (Lipinski definition) is 9. The monoisotopic (exact) mass is 548 g/mol. The zero-order valence-electron chi connectivity index (χ0n) is 18.7. The lowest BCUT2D eigenvalue weighted by Crippen LogP contribution is -2.42. The number of rotatable bonds is 8. The average molecular weight is 549 g/mol. The number of phenolic OH excluding ortho intramolecular Hbond substituents is 1. The first-order chi connectivity index (χ1) is 16.6. The molecular formula is C22H25BrN6O6. The van der Waals surface area contributed by atoms with Gasteiger partial charge in [-0.15, -0.1) is 0 Å². The van der Waals surface area contributed by atoms with Crippen molar-refractivity contribution in [3.05, 3.63) is 51.8 Å². The number of aromatic nitrogens is 1. The molecule has 2 amide bonds. The van der Waals surface area contributed by atoms with Gasteiger partial charge < -0.3 is 36.6 Å². The van der Waals surface area contributed by atoms with Crippen molar-refractivity contribution in [2.24, 2.45) is 4.99 Å². The van der Waals surface area contributed by atoms with Crippen LogP contribution in [-0.4, -0.2) is 69.8 Å². The van der Waals surface area contributed by atoms with Crippen LogP contribution in [0.2, 0.25) is 0 Å². The number of aryl methyl sites for hydroxylation is 1. The summed E-state index contributed by atoms with van der Waals surface area (Å²) < 4.78 is 0.372. The highest BCUT2D eigenvalue weighted by Gasteiger charge is 2.23. The van der Waals surface area contributed by atoms with Gasteiger partial charge in [-0.1, -0.05) is 6.07 Å². The first-order valence-corrected chi connectivity index (χ1v) is 11.4. The molecule has 0 fully saturated rings. The molecule has 0 spiro atoms. The summed E-state index contributed by atoms with van der Waals surface area (Å²) in [5.74, 6) is -2.11. The highest BCUT2D eigenvalue weighted by atomic mass is 79.9. The van der Waals surface area contributed by atoms with Crippen LogP contribution in [0, 0.1) is 6.92 Å². The molecule has 13 heteroatoms. The van der Waals surface area contributed by atoms with Gasteiger partial charge in [-0.3, -0.25) is 24.4 Å². The van der Waals surface area contributed by atoms with Crippen LogP contribution >= 0.6 is 15.9 Å². The molecule has 0 bridgehead atoms. The Labute approximate surface area is 209 Å². The summed E-state index contributed by atoms with van der Waals surface area (Å²) in [6.45, 7) is 1.93. The van der Waals surface area contributed by atoms with E-state index in [1.165, 1.54) is 18.5 Å². The summed E-state index contributed by atoms with van der Waals surface area (Å²) in [5, 5.41) is 40.0. The fourth-order valence-electron chi connectivity index (χ4n) is 3.33. The van der Waals surface area contributed by atoms with Crippen LogP contribution in [0.3, 0.4) is 0 Å². The number of carboxylic acid groups (broad SMARTS) is 1. The van der Waals surface area contributed by atoms with Crippen molar-refractivity contribution in [1.82, 2.24) is 20.9 Å². The van der Waals surface area contributed by atoms with Crippen LogP contribution in [-0.2, 0) is 9.59 Å². The van der Waals surface area contributed by atoms with Gasteiger partial charge in [0.1, 0.15) is 5.75 Å². The molecule has 1 aromatic heterocycles. The second-order valence-electron chi connectivity index (χ2n) is 7.90. The van der Waals surface area contributed by atoms with E-state index >= 15 is 0 Å². The van der Waals surface area contributed by atoms with Crippen molar-refractivity contribution in [1.29, 1.82) is 0 Å². The van der Waals surface area contributed by atoms with Gasteiger partial charge in [0.05, 0.1) is 53.6 Å². The standard InChI is InChI=1S/C22H25BrN6O6/c1-11-2-15(20(34)16(23)3-11)17(5-19(32)33)29-18(31)10-25-21(35)12-4-13(7-24-6-12)28-22-26-8-14(30)9-27-22/h2-4,6-7,14,17,30,34H,5,8-10H2,1H3,(H,25,35)(H,29,31)(H,32,33)(H2,26,27,28). The van der Waals surface area contributed by atoms with Crippen molar-refractivity contribution >= 4 is 45.4 Å². The molecule has 2 unspecified atom stereocenters. The third kappa shape index (κ3) is 7.39. The number of aliphatic carboxylic acids is 1. The minimum Gasteiger partial charge on any atom is -0.506 e. The zero-order valence-corrected chi connectivity index (χ0v) is 20.3. The van der Waals surface area contributed by atoms with E-state index in [1.807, 2.05) is 0 Å². The molecular weight excluding hydrogens is 524 g/mol. The van der Waals surface area contributed by atoms with Crippen LogP contribution in [0.25, 0.3) is 0 Å². The van der Waals surface area contributed by atoms with E-state index in [0.717, 1.165) is 5.56 Å². The molecule has 2 atom stereocenters. The fraction of sp³-hybridized carbons (Fsp3) is 0.318. The average Bonchev–Trinajstić information content (AvgIpc) is 2.81. The lowest BCUT2D eigenvalue weighted by molar-refractivity contribution is -0.137. The summed E-state index contributed by atoms with van der Waals surface area (Å²) in [6.07, 6.45) is 1.79. The number of carbonyl (C=O) groups excluding carboxylic acids is 2. The van der Waals surface area contributed by atoms with Gasteiger partial charge in [0.15, 0.2) is 5.96 Å². The number of carbonyl (C=O) groups is 3. The van der Waals surface area contributed by atoms with Crippen molar-refractivity contribution in [3.8, 4) is 5.75 Å². The van der Waals surface area contributed by atoms with Gasteiger partial charge in [0.25, 0.3) is 5.91 Å². The van der Waals surface area contributed by atoms with E-state index < -0.39 is 42.9 Å². The Hall–Kier alpha value is -3.71. The lowest BCUT2D eigenvalue weighted by atomic mass is 10.0. The largest absolute Gasteiger partial charge is 0.506 e. The minimum atomic E-state index is -1.17. The number of aliphatic hydroxyl groups is 1. The highest BCUT2D eigenvalue weighted by molar-refractivity contribution is 9.10. The van der Waals surface area contributed by atoms with Crippen molar-refractivity contribution in [2.75, 3.05) is 25.0 Å². The highest BCUT2D eigenvalue weighted by Crippen LogP contribution is 2.34. The zero-order chi connectivity index (χ0) is 25.5. The van der Waals surface area contributed by atoms with Crippen molar-refractivity contribution in [2.45, 2.75) is 25.5 Å². The van der Waals surface area contributed by atoms with Crippen molar-refractivity contribution < 1.29 is 29.7 Å². The van der Waals surface area contributed by atoms with Gasteiger partial charge in [-0.05, 0) is 40.5 Å². The van der Waals surface area contributed by atoms with E-state index in [9.17, 15) is 29.7 Å². The van der Waals surface area contributed by atoms with E-state index in [4.69, 9.17) is 0 Å². The SMILES string of the molecule is Cc1cc(Br)c(O)c(C(CC(=O)O)NC(=O)CNC(=O)c2cncc(NC3=NCC(O)CN3)c2)c1. The second-order valence-corrected chi connectivity index (χ2v) is 8.75. The number of β-amino-alcohol motifs (C(OH)–C–C–N with tert-alkyl or cyclic N) is 1. The number of guanidine groups is 1. The number of nitrogens with one attached hydrogen (secondary N) is 4. The smallest absolute Gasteiger partial charge is 0.305 e. The number of aliphatic imine (C=N–C) groups is 1. The Morgan fingerprint density at radius 2 is 2.03 bits per heavy atom. The molecule has 0 aliphatic carbocycles. The van der Waals surface area contributed by atoms with E-state index in [1.54, 1.807) is 19.1 Å². The van der Waals surface area contributed by atoms with Gasteiger partial charge in [0.2, 0.25) is 5.91 Å². The maximum Gasteiger partial charge on any atom is 0.305 e. The lowest BCUT2D eigenvalue weighted by Gasteiger charge is -2.20. The molecule has 0 saturated carbocycles. The number of phenols is 1. The Morgan fingerprint density at radius 1 is 1.26 bits per heavy atom. The van der Waals surface area contributed by atoms with Gasteiger partial charge >= 0.3 is 5.97 Å². The third-order valence-electron chi connectivity index (χ3n) is 4.96. The van der Waals surface area contributed by atoms with Crippen LogP contribution < -0.4 is 21.3 Å². The Morgan fingerprint density at radius 3 is 2.71 bits per heavy atom. The molecule has 3 rings (SSSR count). The number of aliphatic hydroxyl groups excluding tert-OH is 1. The predicted octanol–water partition coefficient (Wildman–Crippen LogP) is 0.652. The second kappa shape index (κ2) is 11.6. The van der Waals surface area contributed by atoms with Crippen LogP contribution in [0.1, 0.15) is 33.9 Å². The van der Waals surface area contributed by atoms with Crippen LogP contribution in [0.5, 0.6) is 5.75 Å². The molecule has 2 aromatic rings. The maximum atomic E-state index is 12.5. The molecule has 7 N–H and O–H groups in total. The number of halogens is 1. The molecule has 0 radical (unpaired) electrons. The molecule has 1 aliphatic heterocycles. The molecule has 2 heterocycles. The van der Waals surface area contributed by atoms with Crippen molar-refractivity contribution in [3.63, 3.8) is 0 Å². The quantitative estimate of drug-likeness (QED) is 0.248. The Kier molecular flexibility index (Phi) is 8.60. The number of benzene rings is 1. The van der Waals surface area contributed by atoms with Crippen LogP contribution in [0.4, 0.5) is 5.69 Å². The predicted molar refractivity (Wildman–Crippen MR) is 130 cm³/mol. The summed E-state index contributed by atoms with van der Waals surface area (Å²) in [4.78, 5) is 44.5. The first-order valence-electron chi connectivity index (χ1n) is 10.6. The number of nitrogens with zero attached hydrogens (tertiary/aromatic N) is 2. The van der Waals surface area contributed by atoms with E-state index in [2.05, 4.69) is 47.2 Å². The normalized spacial score (nSPS) is 15.9. The third-order valence-corrected chi connectivity index (χ3v) is 5.57. The van der Waals surface area contributed by atoms with Gasteiger partial charge in [-0.25, -0.2) is 0 Å². The molecule has 12 nitrogen and oxygen atoms in total.